The summed E-state index contributed by atoms with van der Waals surface area (Å²) in [6.07, 6.45) is -1.74. The van der Waals surface area contributed by atoms with Gasteiger partial charge in [-0.05, 0) is 22.6 Å². The van der Waals surface area contributed by atoms with E-state index in [-0.39, 0.29) is 14.8 Å². The quantitative estimate of drug-likeness (QED) is 0.496. The molecule has 1 aromatic rings. The zero-order valence-electron chi connectivity index (χ0n) is 7.25. The van der Waals surface area contributed by atoms with Crippen molar-refractivity contribution in [1.29, 1.82) is 0 Å². The Hall–Kier alpha value is -1.22. The third-order valence-electron chi connectivity index (χ3n) is 1.73. The van der Waals surface area contributed by atoms with Crippen molar-refractivity contribution < 1.29 is 19.9 Å². The predicted octanol–water partition coefficient (Wildman–Crippen LogP) is 1.32. The first kappa shape index (κ1) is 11.9. The lowest BCUT2D eigenvalue weighted by Gasteiger charge is -2.07. The summed E-state index contributed by atoms with van der Waals surface area (Å²) >= 11 is 1.64. The molecule has 1 unspecified atom stereocenters. The van der Waals surface area contributed by atoms with Gasteiger partial charge in [0.15, 0.2) is 6.10 Å². The maximum Gasteiger partial charge on any atom is 0.337 e. The fourth-order valence-corrected chi connectivity index (χ4v) is 1.87. The van der Waals surface area contributed by atoms with Crippen molar-refractivity contribution in [3.63, 3.8) is 0 Å². The smallest absolute Gasteiger partial charge is 0.337 e. The molecule has 0 radical (unpaired) electrons. The summed E-state index contributed by atoms with van der Waals surface area (Å²) in [7, 11) is 0. The van der Waals surface area contributed by atoms with Crippen molar-refractivity contribution in [3.05, 3.63) is 37.4 Å². The highest BCUT2D eigenvalue weighted by Gasteiger charge is 2.23. The van der Waals surface area contributed by atoms with E-state index in [1.165, 1.54) is 18.2 Å². The van der Waals surface area contributed by atoms with Crippen molar-refractivity contribution >= 4 is 34.2 Å². The molecule has 0 heterocycles. The van der Waals surface area contributed by atoms with Crippen LogP contribution in [0.15, 0.2) is 18.2 Å². The first-order valence-corrected chi connectivity index (χ1v) is 4.86. The van der Waals surface area contributed by atoms with Crippen LogP contribution in [0.2, 0.25) is 0 Å². The van der Waals surface area contributed by atoms with Crippen LogP contribution < -0.4 is 0 Å². The minimum Gasteiger partial charge on any atom is -0.479 e. The highest BCUT2D eigenvalue weighted by atomic mass is 127. The maximum atomic E-state index is 10.5. The van der Waals surface area contributed by atoms with Gasteiger partial charge in [-0.2, -0.15) is 0 Å². The van der Waals surface area contributed by atoms with E-state index in [0.717, 1.165) is 0 Å². The third-order valence-corrected chi connectivity index (χ3v) is 2.91. The molecule has 0 aliphatic heterocycles. The van der Waals surface area contributed by atoms with Gasteiger partial charge in [0.25, 0.3) is 5.69 Å². The van der Waals surface area contributed by atoms with Crippen molar-refractivity contribution in [1.82, 2.24) is 0 Å². The molecular formula is C8H6INO5. The summed E-state index contributed by atoms with van der Waals surface area (Å²) in [6, 6.07) is 3.93. The molecule has 15 heavy (non-hydrogen) atoms. The largest absolute Gasteiger partial charge is 0.479 e. The molecular weight excluding hydrogens is 317 g/mol. The average molecular weight is 323 g/mol. The predicted molar refractivity (Wildman–Crippen MR) is 58.4 cm³/mol. The van der Waals surface area contributed by atoms with Crippen LogP contribution in [0.4, 0.5) is 5.69 Å². The molecule has 0 spiro atoms. The molecule has 0 aliphatic carbocycles. The van der Waals surface area contributed by atoms with Gasteiger partial charge in [-0.1, -0.05) is 12.1 Å². The lowest BCUT2D eigenvalue weighted by molar-refractivity contribution is -0.385. The zero-order valence-corrected chi connectivity index (χ0v) is 9.41. The van der Waals surface area contributed by atoms with Gasteiger partial charge in [-0.3, -0.25) is 10.1 Å². The van der Waals surface area contributed by atoms with Crippen LogP contribution in [0.3, 0.4) is 0 Å². The Kier molecular flexibility index (Phi) is 3.58. The minimum absolute atomic E-state index is 0.0253. The molecule has 0 saturated heterocycles. The van der Waals surface area contributed by atoms with Crippen LogP contribution in [0.1, 0.15) is 11.7 Å². The van der Waals surface area contributed by atoms with E-state index in [1.54, 1.807) is 22.6 Å². The van der Waals surface area contributed by atoms with E-state index < -0.39 is 17.0 Å². The molecule has 0 fully saturated rings. The standard InChI is InChI=1S/C8H6INO5/c9-6-4(7(11)8(12)13)2-1-3-5(6)10(14)15/h1-3,7,11H,(H,12,13). The summed E-state index contributed by atoms with van der Waals surface area (Å²) in [5.41, 5.74) is -0.189. The molecule has 1 atom stereocenters. The lowest BCUT2D eigenvalue weighted by Crippen LogP contribution is -2.12. The first-order valence-electron chi connectivity index (χ1n) is 3.79. The first-order chi connectivity index (χ1) is 6.95. The number of carbonyl (C=O) groups is 1. The number of aliphatic hydroxyl groups excluding tert-OH is 1. The molecule has 1 aromatic carbocycles. The molecule has 0 bridgehead atoms. The van der Waals surface area contributed by atoms with E-state index in [0.29, 0.717) is 0 Å². The zero-order chi connectivity index (χ0) is 11.6. The van der Waals surface area contributed by atoms with Crippen LogP contribution >= 0.6 is 22.6 Å². The Bertz CT molecular complexity index is 419. The SMILES string of the molecule is O=C(O)C(O)c1cccc([N+](=O)[O-])c1I. The number of carboxylic acids is 1. The molecule has 0 saturated carbocycles. The number of halogens is 1. The van der Waals surface area contributed by atoms with E-state index in [2.05, 4.69) is 0 Å². The number of carboxylic acid groups (broad SMARTS) is 1. The van der Waals surface area contributed by atoms with Crippen molar-refractivity contribution in [3.8, 4) is 0 Å². The molecule has 80 valence electrons. The number of hydrogen-bond acceptors (Lipinski definition) is 4. The van der Waals surface area contributed by atoms with Crippen LogP contribution in [0.5, 0.6) is 0 Å². The molecule has 0 aromatic heterocycles. The second-order valence-electron chi connectivity index (χ2n) is 2.68. The Morgan fingerprint density at radius 1 is 1.53 bits per heavy atom. The summed E-state index contributed by atoms with van der Waals surface area (Å²) in [5, 5.41) is 28.4. The third kappa shape index (κ3) is 2.42. The number of benzene rings is 1. The molecule has 7 heteroatoms. The van der Waals surface area contributed by atoms with Gasteiger partial charge in [0.2, 0.25) is 0 Å². The number of aliphatic hydroxyl groups is 1. The summed E-state index contributed by atoms with van der Waals surface area (Å²) < 4.78 is 0.134. The Labute approximate surface area is 97.8 Å². The highest BCUT2D eigenvalue weighted by Crippen LogP contribution is 2.28. The number of aliphatic carboxylic acids is 1. The molecule has 2 N–H and O–H groups in total. The van der Waals surface area contributed by atoms with Crippen LogP contribution in [-0.2, 0) is 4.79 Å². The minimum atomic E-state index is -1.74. The molecule has 0 aliphatic rings. The molecule has 0 amide bonds. The van der Waals surface area contributed by atoms with E-state index in [9.17, 15) is 20.0 Å². The highest BCUT2D eigenvalue weighted by molar-refractivity contribution is 14.1. The monoisotopic (exact) mass is 323 g/mol. The average Bonchev–Trinajstić information content (AvgIpc) is 2.16. The van der Waals surface area contributed by atoms with Gasteiger partial charge in [-0.15, -0.1) is 0 Å². The number of nitro benzene ring substituents is 1. The van der Waals surface area contributed by atoms with Gasteiger partial charge in [0.1, 0.15) is 0 Å². The van der Waals surface area contributed by atoms with Crippen LogP contribution in [-0.4, -0.2) is 21.1 Å². The molecule has 6 nitrogen and oxygen atoms in total. The van der Waals surface area contributed by atoms with Crippen molar-refractivity contribution in [2.45, 2.75) is 6.10 Å². The second kappa shape index (κ2) is 4.53. The van der Waals surface area contributed by atoms with Crippen LogP contribution in [0, 0.1) is 13.7 Å². The fourth-order valence-electron chi connectivity index (χ4n) is 1.02. The number of hydrogen-bond donors (Lipinski definition) is 2. The van der Waals surface area contributed by atoms with Crippen molar-refractivity contribution in [2.75, 3.05) is 0 Å². The summed E-state index contributed by atoms with van der Waals surface area (Å²) in [5.74, 6) is -1.44. The van der Waals surface area contributed by atoms with Gasteiger partial charge < -0.3 is 10.2 Å². The van der Waals surface area contributed by atoms with E-state index in [1.807, 2.05) is 0 Å². The maximum absolute atomic E-state index is 10.5. The Balaban J connectivity index is 3.26. The van der Waals surface area contributed by atoms with Gasteiger partial charge in [-0.25, -0.2) is 4.79 Å². The summed E-state index contributed by atoms with van der Waals surface area (Å²) in [4.78, 5) is 20.4. The van der Waals surface area contributed by atoms with E-state index >= 15 is 0 Å². The van der Waals surface area contributed by atoms with E-state index in [4.69, 9.17) is 5.11 Å². The lowest BCUT2D eigenvalue weighted by atomic mass is 10.1. The number of nitro groups is 1. The fraction of sp³-hybridized carbons (Fsp3) is 0.125. The Morgan fingerprint density at radius 3 is 2.60 bits per heavy atom. The summed E-state index contributed by atoms with van der Waals surface area (Å²) in [6.45, 7) is 0. The second-order valence-corrected chi connectivity index (χ2v) is 3.76. The van der Waals surface area contributed by atoms with Crippen LogP contribution in [0.25, 0.3) is 0 Å². The Morgan fingerprint density at radius 2 is 2.13 bits per heavy atom. The molecule has 1 rings (SSSR count). The van der Waals surface area contributed by atoms with Gasteiger partial charge >= 0.3 is 5.97 Å². The van der Waals surface area contributed by atoms with Gasteiger partial charge in [0, 0.05) is 11.6 Å². The normalized spacial score (nSPS) is 12.1. The van der Waals surface area contributed by atoms with Crippen molar-refractivity contribution in [2.24, 2.45) is 0 Å². The van der Waals surface area contributed by atoms with Gasteiger partial charge in [0.05, 0.1) is 8.49 Å². The number of nitrogens with zero attached hydrogens (tertiary/aromatic N) is 1. The number of rotatable bonds is 3. The topological polar surface area (TPSA) is 101 Å².